The highest BCUT2D eigenvalue weighted by Crippen LogP contribution is 2.65. The normalized spacial score (nSPS) is 27.3. The van der Waals surface area contributed by atoms with E-state index in [0.717, 1.165) is 25.0 Å². The van der Waals surface area contributed by atoms with Gasteiger partial charge in [0.05, 0.1) is 0 Å². The molecule has 0 N–H and O–H groups in total. The lowest BCUT2D eigenvalue weighted by Gasteiger charge is -2.31. The topological polar surface area (TPSA) is 20.3 Å². The third-order valence-electron chi connectivity index (χ3n) is 7.73. The molecule has 0 heterocycles. The summed E-state index contributed by atoms with van der Waals surface area (Å²) >= 11 is 0. The maximum atomic E-state index is 13.0. The number of hydrogen-bond acceptors (Lipinski definition) is 2. The summed E-state index contributed by atoms with van der Waals surface area (Å²) in [5.41, 5.74) is 3.55. The largest absolute Gasteiger partial charge is 0.299 e. The van der Waals surface area contributed by atoms with Crippen LogP contribution in [0.15, 0.2) is 29.8 Å². The second-order valence-corrected chi connectivity index (χ2v) is 9.80. The van der Waals surface area contributed by atoms with Crippen molar-refractivity contribution in [2.45, 2.75) is 79.7 Å². The molecule has 1 aromatic rings. The number of nitrogens with zero attached hydrogens (tertiary/aromatic N) is 1. The first-order chi connectivity index (χ1) is 13.3. The molecular formula is C26H39NO. The third-order valence-corrected chi connectivity index (χ3v) is 7.73. The van der Waals surface area contributed by atoms with Gasteiger partial charge >= 0.3 is 0 Å². The number of carbonyl (C=O) groups excluding carboxylic acids is 1. The lowest BCUT2D eigenvalue weighted by atomic mass is 9.70. The summed E-state index contributed by atoms with van der Waals surface area (Å²) < 4.78 is 0. The molecule has 2 saturated carbocycles. The predicted molar refractivity (Wildman–Crippen MR) is 119 cm³/mol. The van der Waals surface area contributed by atoms with Gasteiger partial charge in [-0.3, -0.25) is 9.69 Å². The maximum Gasteiger partial charge on any atom is 0.165 e. The standard InChI is InChI=1S/C26H39NO/c1-6-8-16-27(17-9-7-2)19-21-12-10-20(11-13-21)18-22-23-14-15-26(5,24(22)28)25(23,3)4/h10-13,18,23H,6-9,14-17,19H2,1-5H3. The van der Waals surface area contributed by atoms with Gasteiger partial charge in [0.25, 0.3) is 0 Å². The molecule has 0 amide bonds. The van der Waals surface area contributed by atoms with Crippen molar-refractivity contribution in [1.82, 2.24) is 4.90 Å². The number of rotatable bonds is 9. The minimum atomic E-state index is -0.164. The first-order valence-corrected chi connectivity index (χ1v) is 11.4. The highest BCUT2D eigenvalue weighted by Gasteiger charge is 2.63. The number of ketones is 1. The Morgan fingerprint density at radius 2 is 1.64 bits per heavy atom. The molecule has 1 aromatic carbocycles. The highest BCUT2D eigenvalue weighted by molar-refractivity contribution is 6.07. The van der Waals surface area contributed by atoms with Gasteiger partial charge in [0, 0.05) is 12.0 Å². The SMILES string of the molecule is CCCCN(CCCC)Cc1ccc(C=C2C(=O)C3(C)CCC2C3(C)C)cc1. The lowest BCUT2D eigenvalue weighted by Crippen LogP contribution is -2.32. The molecule has 0 aromatic heterocycles. The van der Waals surface area contributed by atoms with Gasteiger partial charge in [0.2, 0.25) is 0 Å². The summed E-state index contributed by atoms with van der Waals surface area (Å²) in [6.07, 6.45) is 9.42. The molecule has 2 aliphatic carbocycles. The highest BCUT2D eigenvalue weighted by atomic mass is 16.1. The first kappa shape index (κ1) is 21.3. The lowest BCUT2D eigenvalue weighted by molar-refractivity contribution is -0.125. The zero-order valence-electron chi connectivity index (χ0n) is 18.7. The fourth-order valence-electron chi connectivity index (χ4n) is 5.28. The van der Waals surface area contributed by atoms with Gasteiger partial charge in [-0.25, -0.2) is 0 Å². The molecular weight excluding hydrogens is 342 g/mol. The molecule has 154 valence electrons. The van der Waals surface area contributed by atoms with E-state index in [-0.39, 0.29) is 10.8 Å². The Hall–Kier alpha value is -1.41. The summed E-state index contributed by atoms with van der Waals surface area (Å²) in [7, 11) is 0. The fourth-order valence-corrected chi connectivity index (χ4v) is 5.28. The Labute approximate surface area is 172 Å². The quantitative estimate of drug-likeness (QED) is 0.455. The van der Waals surface area contributed by atoms with Crippen LogP contribution in [0.25, 0.3) is 6.08 Å². The van der Waals surface area contributed by atoms with E-state index in [9.17, 15) is 4.79 Å². The molecule has 28 heavy (non-hydrogen) atoms. The van der Waals surface area contributed by atoms with E-state index < -0.39 is 0 Å². The van der Waals surface area contributed by atoms with E-state index >= 15 is 0 Å². The van der Waals surface area contributed by atoms with Crippen molar-refractivity contribution in [3.05, 3.63) is 41.0 Å². The van der Waals surface area contributed by atoms with Crippen LogP contribution >= 0.6 is 0 Å². The molecule has 0 saturated heterocycles. The van der Waals surface area contributed by atoms with E-state index in [2.05, 4.69) is 69.9 Å². The molecule has 2 aliphatic rings. The van der Waals surface area contributed by atoms with Gasteiger partial charge in [0.15, 0.2) is 5.78 Å². The van der Waals surface area contributed by atoms with Gasteiger partial charge in [0.1, 0.15) is 0 Å². The van der Waals surface area contributed by atoms with Crippen molar-refractivity contribution < 1.29 is 4.79 Å². The molecule has 2 nitrogen and oxygen atoms in total. The Morgan fingerprint density at radius 1 is 1.04 bits per heavy atom. The van der Waals surface area contributed by atoms with Crippen molar-refractivity contribution in [1.29, 1.82) is 0 Å². The predicted octanol–water partition coefficient (Wildman–Crippen LogP) is 6.50. The van der Waals surface area contributed by atoms with Crippen molar-refractivity contribution in [3.63, 3.8) is 0 Å². The van der Waals surface area contributed by atoms with Crippen molar-refractivity contribution in [3.8, 4) is 0 Å². The smallest absolute Gasteiger partial charge is 0.165 e. The van der Waals surface area contributed by atoms with Crippen LogP contribution < -0.4 is 0 Å². The van der Waals surface area contributed by atoms with Crippen LogP contribution in [0.2, 0.25) is 0 Å². The van der Waals surface area contributed by atoms with Crippen LogP contribution in [-0.4, -0.2) is 23.8 Å². The maximum absolute atomic E-state index is 13.0. The molecule has 2 fully saturated rings. The van der Waals surface area contributed by atoms with E-state index in [4.69, 9.17) is 0 Å². The molecule has 2 heteroatoms. The molecule has 0 radical (unpaired) electrons. The van der Waals surface area contributed by atoms with Crippen LogP contribution in [0.1, 0.15) is 84.3 Å². The zero-order chi connectivity index (χ0) is 20.4. The summed E-state index contributed by atoms with van der Waals surface area (Å²) in [6.45, 7) is 14.7. The Balaban J connectivity index is 1.71. The van der Waals surface area contributed by atoms with Crippen molar-refractivity contribution in [2.24, 2.45) is 16.7 Å². The Kier molecular flexibility index (Phi) is 6.49. The summed E-state index contributed by atoms with van der Waals surface area (Å²) in [6, 6.07) is 8.91. The average molecular weight is 382 g/mol. The molecule has 2 bridgehead atoms. The minimum absolute atomic E-state index is 0.0922. The fraction of sp³-hybridized carbons (Fsp3) is 0.654. The Morgan fingerprint density at radius 3 is 2.14 bits per heavy atom. The van der Waals surface area contributed by atoms with Gasteiger partial charge < -0.3 is 0 Å². The first-order valence-electron chi connectivity index (χ1n) is 11.4. The van der Waals surface area contributed by atoms with Gasteiger partial charge in [-0.1, -0.05) is 71.7 Å². The van der Waals surface area contributed by atoms with Crippen LogP contribution in [-0.2, 0) is 11.3 Å². The summed E-state index contributed by atoms with van der Waals surface area (Å²) in [5, 5.41) is 0. The van der Waals surface area contributed by atoms with Gasteiger partial charge in [-0.2, -0.15) is 0 Å². The minimum Gasteiger partial charge on any atom is -0.299 e. The molecule has 2 unspecified atom stereocenters. The number of unbranched alkanes of at least 4 members (excludes halogenated alkanes) is 2. The molecule has 0 aliphatic heterocycles. The monoisotopic (exact) mass is 381 g/mol. The van der Waals surface area contributed by atoms with E-state index in [1.54, 1.807) is 0 Å². The number of benzene rings is 1. The van der Waals surface area contributed by atoms with Gasteiger partial charge in [-0.15, -0.1) is 0 Å². The number of allylic oxidation sites excluding steroid dienone is 1. The van der Waals surface area contributed by atoms with Crippen LogP contribution in [0.5, 0.6) is 0 Å². The van der Waals surface area contributed by atoms with Crippen LogP contribution in [0.3, 0.4) is 0 Å². The van der Waals surface area contributed by atoms with E-state index in [1.165, 1.54) is 49.9 Å². The number of Topliss-reactive ketones (excluding diaryl/α,β-unsaturated/α-hetero) is 1. The number of fused-ring (bicyclic) bond motifs is 2. The molecule has 2 atom stereocenters. The number of carbonyl (C=O) groups is 1. The Bertz CT molecular complexity index is 706. The summed E-state index contributed by atoms with van der Waals surface area (Å²) in [4.78, 5) is 15.6. The van der Waals surface area contributed by atoms with Crippen molar-refractivity contribution >= 4 is 11.9 Å². The second-order valence-electron chi connectivity index (χ2n) is 9.80. The van der Waals surface area contributed by atoms with E-state index in [0.29, 0.717) is 11.7 Å². The van der Waals surface area contributed by atoms with Crippen LogP contribution in [0, 0.1) is 16.7 Å². The number of hydrogen-bond donors (Lipinski definition) is 0. The zero-order valence-corrected chi connectivity index (χ0v) is 18.7. The van der Waals surface area contributed by atoms with E-state index in [1.807, 2.05) is 0 Å². The van der Waals surface area contributed by atoms with Crippen molar-refractivity contribution in [2.75, 3.05) is 13.1 Å². The van der Waals surface area contributed by atoms with Crippen LogP contribution in [0.4, 0.5) is 0 Å². The average Bonchev–Trinajstić information content (AvgIpc) is 2.99. The van der Waals surface area contributed by atoms with Gasteiger partial charge in [-0.05, 0) is 72.9 Å². The molecule has 0 spiro atoms. The third kappa shape index (κ3) is 3.85. The molecule has 3 rings (SSSR count). The second kappa shape index (κ2) is 8.53. The summed E-state index contributed by atoms with van der Waals surface area (Å²) in [5.74, 6) is 0.811.